The first-order chi connectivity index (χ1) is 5.68. The van der Waals surface area contributed by atoms with Gasteiger partial charge in [-0.25, -0.2) is 0 Å². The van der Waals surface area contributed by atoms with Crippen molar-refractivity contribution in [1.29, 1.82) is 0 Å². The summed E-state index contributed by atoms with van der Waals surface area (Å²) in [6.07, 6.45) is 0. The Labute approximate surface area is 83.8 Å². The maximum Gasteiger partial charge on any atom is 0.255 e. The van der Waals surface area contributed by atoms with Crippen molar-refractivity contribution in [2.75, 3.05) is 5.32 Å². The molecule has 3 heteroatoms. The summed E-state index contributed by atoms with van der Waals surface area (Å²) in [7, 11) is 0. The van der Waals surface area contributed by atoms with E-state index in [1.165, 1.54) is 0 Å². The van der Waals surface area contributed by atoms with Gasteiger partial charge in [0.05, 0.1) is 0 Å². The Bertz CT molecular complexity index is 384. The highest BCUT2D eigenvalue weighted by Crippen LogP contribution is 2.31. The summed E-state index contributed by atoms with van der Waals surface area (Å²) in [4.78, 5) is 11.1. The summed E-state index contributed by atoms with van der Waals surface area (Å²) in [5.74, 6) is -0.0907. The van der Waals surface area contributed by atoms with Crippen LogP contribution >= 0.6 is 22.6 Å². The first-order valence-corrected chi connectivity index (χ1v) is 4.56. The van der Waals surface area contributed by atoms with Gasteiger partial charge in [-0.2, -0.15) is 0 Å². The molecule has 0 saturated carbocycles. The minimum Gasteiger partial charge on any atom is -0.321 e. The van der Waals surface area contributed by atoms with Crippen molar-refractivity contribution in [3.05, 3.63) is 33.9 Å². The summed E-state index contributed by atoms with van der Waals surface area (Å²) >= 11 is 2.21. The molecule has 0 radical (unpaired) electrons. The number of hydrogen-bond donors (Lipinski definition) is 1. The Morgan fingerprint density at radius 1 is 1.42 bits per heavy atom. The number of fused-ring (bicyclic) bond motifs is 1. The van der Waals surface area contributed by atoms with Gasteiger partial charge >= 0.3 is 0 Å². The standard InChI is InChI=1S/C9H6INO/c1-5-7-4-6(10)2-3-8(7)11-9(5)12/h2-4H,1H2,(H,11,12). The number of nitrogens with one attached hydrogen (secondary N) is 1. The second-order valence-electron chi connectivity index (χ2n) is 2.62. The van der Waals surface area contributed by atoms with Gasteiger partial charge in [-0.05, 0) is 40.8 Å². The second-order valence-corrected chi connectivity index (χ2v) is 3.87. The quantitative estimate of drug-likeness (QED) is 0.569. The fraction of sp³-hybridized carbons (Fsp3) is 0. The van der Waals surface area contributed by atoms with Crippen molar-refractivity contribution in [3.8, 4) is 0 Å². The van der Waals surface area contributed by atoms with E-state index >= 15 is 0 Å². The fourth-order valence-electron chi connectivity index (χ4n) is 1.20. The predicted octanol–water partition coefficient (Wildman–Crippen LogP) is 2.26. The number of anilines is 1. The molecule has 1 aromatic carbocycles. The molecule has 1 aromatic rings. The molecule has 0 bridgehead atoms. The molecule has 12 heavy (non-hydrogen) atoms. The van der Waals surface area contributed by atoms with Crippen LogP contribution in [0.2, 0.25) is 0 Å². The molecule has 1 N–H and O–H groups in total. The van der Waals surface area contributed by atoms with Crippen LogP contribution in [-0.2, 0) is 4.79 Å². The van der Waals surface area contributed by atoms with Crippen LogP contribution in [0, 0.1) is 3.57 Å². The van der Waals surface area contributed by atoms with Gasteiger partial charge in [-0.3, -0.25) is 4.79 Å². The molecule has 0 fully saturated rings. The van der Waals surface area contributed by atoms with Crippen LogP contribution < -0.4 is 5.32 Å². The third-order valence-electron chi connectivity index (χ3n) is 1.83. The maximum atomic E-state index is 11.1. The smallest absolute Gasteiger partial charge is 0.255 e. The van der Waals surface area contributed by atoms with E-state index in [0.717, 1.165) is 14.8 Å². The molecule has 1 amide bonds. The van der Waals surface area contributed by atoms with Crippen LogP contribution in [0.15, 0.2) is 24.8 Å². The molecule has 2 nitrogen and oxygen atoms in total. The van der Waals surface area contributed by atoms with Crippen LogP contribution in [0.4, 0.5) is 5.69 Å². The lowest BCUT2D eigenvalue weighted by atomic mass is 10.1. The molecule has 0 spiro atoms. The average Bonchev–Trinajstić information content (AvgIpc) is 2.31. The number of carbonyl (C=O) groups excluding carboxylic acids is 1. The minimum atomic E-state index is -0.0907. The largest absolute Gasteiger partial charge is 0.321 e. The van der Waals surface area contributed by atoms with Gasteiger partial charge in [0.1, 0.15) is 0 Å². The van der Waals surface area contributed by atoms with Crippen molar-refractivity contribution in [2.24, 2.45) is 0 Å². The SMILES string of the molecule is C=C1C(=O)Nc2ccc(I)cc21. The number of rotatable bonds is 0. The first-order valence-electron chi connectivity index (χ1n) is 3.48. The van der Waals surface area contributed by atoms with Crippen molar-refractivity contribution >= 4 is 39.8 Å². The number of hydrogen-bond acceptors (Lipinski definition) is 1. The lowest BCUT2D eigenvalue weighted by Crippen LogP contribution is -2.02. The molecule has 0 unspecified atom stereocenters. The number of benzene rings is 1. The lowest BCUT2D eigenvalue weighted by molar-refractivity contribution is -0.110. The molecule has 1 aliphatic heterocycles. The van der Waals surface area contributed by atoms with Crippen molar-refractivity contribution in [1.82, 2.24) is 0 Å². The van der Waals surface area contributed by atoms with E-state index in [4.69, 9.17) is 0 Å². The predicted molar refractivity (Wildman–Crippen MR) is 56.8 cm³/mol. The zero-order valence-electron chi connectivity index (χ0n) is 6.23. The van der Waals surface area contributed by atoms with Gasteiger partial charge in [0.2, 0.25) is 0 Å². The van der Waals surface area contributed by atoms with E-state index in [1.54, 1.807) is 0 Å². The Hall–Kier alpha value is -0.840. The van der Waals surface area contributed by atoms with E-state index in [-0.39, 0.29) is 5.91 Å². The Kier molecular flexibility index (Phi) is 1.68. The number of amides is 1. The Balaban J connectivity index is 2.63. The summed E-state index contributed by atoms with van der Waals surface area (Å²) < 4.78 is 1.11. The zero-order valence-corrected chi connectivity index (χ0v) is 8.38. The number of carbonyl (C=O) groups is 1. The maximum absolute atomic E-state index is 11.1. The van der Waals surface area contributed by atoms with E-state index in [0.29, 0.717) is 5.57 Å². The van der Waals surface area contributed by atoms with Crippen LogP contribution in [0.5, 0.6) is 0 Å². The van der Waals surface area contributed by atoms with Crippen LogP contribution in [0.3, 0.4) is 0 Å². The van der Waals surface area contributed by atoms with Gasteiger partial charge in [0.25, 0.3) is 5.91 Å². The summed E-state index contributed by atoms with van der Waals surface area (Å²) in [5, 5.41) is 2.73. The normalized spacial score (nSPS) is 14.4. The molecule has 0 aromatic heterocycles. The number of halogens is 1. The molecule has 0 atom stereocenters. The highest BCUT2D eigenvalue weighted by Gasteiger charge is 2.21. The molecular formula is C9H6INO. The van der Waals surface area contributed by atoms with Gasteiger partial charge in [-0.15, -0.1) is 0 Å². The van der Waals surface area contributed by atoms with Gasteiger partial charge in [-0.1, -0.05) is 6.58 Å². The Morgan fingerprint density at radius 3 is 2.92 bits per heavy atom. The molecule has 60 valence electrons. The molecule has 1 aliphatic rings. The van der Waals surface area contributed by atoms with E-state index < -0.39 is 0 Å². The minimum absolute atomic E-state index is 0.0907. The van der Waals surface area contributed by atoms with E-state index in [1.807, 2.05) is 18.2 Å². The van der Waals surface area contributed by atoms with Crippen LogP contribution in [-0.4, -0.2) is 5.91 Å². The molecule has 0 aliphatic carbocycles. The van der Waals surface area contributed by atoms with Gasteiger partial charge in [0.15, 0.2) is 0 Å². The fourth-order valence-corrected chi connectivity index (χ4v) is 1.69. The highest BCUT2D eigenvalue weighted by molar-refractivity contribution is 14.1. The van der Waals surface area contributed by atoms with Gasteiger partial charge < -0.3 is 5.32 Å². The second kappa shape index (κ2) is 2.58. The summed E-state index contributed by atoms with van der Waals surface area (Å²) in [6, 6.07) is 5.81. The Morgan fingerprint density at radius 2 is 2.17 bits per heavy atom. The molecule has 1 heterocycles. The molecule has 0 saturated heterocycles. The summed E-state index contributed by atoms with van der Waals surface area (Å²) in [6.45, 7) is 3.70. The first kappa shape index (κ1) is 7.79. The van der Waals surface area contributed by atoms with Crippen molar-refractivity contribution in [2.45, 2.75) is 0 Å². The van der Waals surface area contributed by atoms with Crippen molar-refractivity contribution in [3.63, 3.8) is 0 Å². The third-order valence-corrected chi connectivity index (χ3v) is 2.50. The molecule has 2 rings (SSSR count). The van der Waals surface area contributed by atoms with Crippen LogP contribution in [0.25, 0.3) is 5.57 Å². The average molecular weight is 271 g/mol. The van der Waals surface area contributed by atoms with Crippen molar-refractivity contribution < 1.29 is 4.79 Å². The van der Waals surface area contributed by atoms with E-state index in [2.05, 4.69) is 34.5 Å². The zero-order chi connectivity index (χ0) is 8.72. The van der Waals surface area contributed by atoms with Gasteiger partial charge in [0, 0.05) is 20.4 Å². The lowest BCUT2D eigenvalue weighted by Gasteiger charge is -1.96. The third kappa shape index (κ3) is 1.04. The highest BCUT2D eigenvalue weighted by atomic mass is 127. The van der Waals surface area contributed by atoms with E-state index in [9.17, 15) is 4.79 Å². The summed E-state index contributed by atoms with van der Waals surface area (Å²) in [5.41, 5.74) is 2.35. The molecular weight excluding hydrogens is 265 g/mol. The topological polar surface area (TPSA) is 29.1 Å². The van der Waals surface area contributed by atoms with Crippen LogP contribution in [0.1, 0.15) is 5.56 Å². The monoisotopic (exact) mass is 271 g/mol.